The van der Waals surface area contributed by atoms with Gasteiger partial charge in [0.15, 0.2) is 0 Å². The lowest BCUT2D eigenvalue weighted by atomic mass is 10.1. The van der Waals surface area contributed by atoms with Crippen molar-refractivity contribution < 1.29 is 0 Å². The summed E-state index contributed by atoms with van der Waals surface area (Å²) in [5, 5.41) is 5.33. The third kappa shape index (κ3) is 1.27. The lowest BCUT2D eigenvalue weighted by Gasteiger charge is -2.24. The standard InChI is InChI=1S/C18H15N2Si/c1-21(2)11-12-10-19-18-15-7-4-3-6-13(15)14-8-5-9-16(21)17(14)20(12)18/h3-10H,1,11H2,2H3/q+1. The molecule has 0 aliphatic carbocycles. The van der Waals surface area contributed by atoms with Crippen LogP contribution in [-0.2, 0) is 6.04 Å². The Balaban J connectivity index is 2.22. The molecule has 0 bridgehead atoms. The molecule has 0 amide bonds. The fourth-order valence-corrected chi connectivity index (χ4v) is 6.40. The maximum atomic E-state index is 4.72. The highest BCUT2D eigenvalue weighted by atomic mass is 28.3. The van der Waals surface area contributed by atoms with Crippen LogP contribution >= 0.6 is 0 Å². The van der Waals surface area contributed by atoms with Gasteiger partial charge in [0.2, 0.25) is 0 Å². The smallest absolute Gasteiger partial charge is 0.296 e. The zero-order valence-corrected chi connectivity index (χ0v) is 12.9. The maximum Gasteiger partial charge on any atom is 0.302 e. The van der Waals surface area contributed by atoms with Gasteiger partial charge in [-0.1, -0.05) is 42.5 Å². The number of benzene rings is 2. The van der Waals surface area contributed by atoms with Crippen LogP contribution in [-0.4, -0.2) is 17.5 Å². The Bertz CT molecular complexity index is 1040. The molecule has 3 heterocycles. The van der Waals surface area contributed by atoms with Crippen LogP contribution in [0.2, 0.25) is 6.55 Å². The van der Waals surface area contributed by atoms with Crippen LogP contribution in [0.4, 0.5) is 0 Å². The van der Waals surface area contributed by atoms with E-state index in [0.29, 0.717) is 0 Å². The lowest BCUT2D eigenvalue weighted by molar-refractivity contribution is 1.11. The normalized spacial score (nSPS) is 20.8. The number of hydrogen-bond acceptors (Lipinski definition) is 1. The molecule has 1 atom stereocenters. The summed E-state index contributed by atoms with van der Waals surface area (Å²) >= 11 is 0. The van der Waals surface area contributed by atoms with Gasteiger partial charge in [-0.15, -0.1) is 0 Å². The number of nitrogens with zero attached hydrogens (tertiary/aromatic N) is 2. The Hall–Kier alpha value is -2.26. The second-order valence-corrected chi connectivity index (χ2v) is 10.4. The molecule has 1 unspecified atom stereocenters. The second-order valence-electron chi connectivity index (χ2n) is 6.39. The summed E-state index contributed by atoms with van der Waals surface area (Å²) in [6, 6.07) is 16.4. The van der Waals surface area contributed by atoms with E-state index in [-0.39, 0.29) is 0 Å². The first kappa shape index (κ1) is 11.4. The Kier molecular flexibility index (Phi) is 1.89. The van der Waals surface area contributed by atoms with Crippen molar-refractivity contribution in [3.8, 4) is 0 Å². The van der Waals surface area contributed by atoms with E-state index in [2.05, 4.69) is 60.0 Å². The molecule has 100 valence electrons. The predicted octanol–water partition coefficient (Wildman–Crippen LogP) is 3.39. The number of rotatable bonds is 0. The van der Waals surface area contributed by atoms with Gasteiger partial charge in [-0.3, -0.25) is 4.40 Å². The first-order valence-electron chi connectivity index (χ1n) is 7.32. The quantitative estimate of drug-likeness (QED) is 0.275. The molecule has 2 aromatic carbocycles. The maximum absolute atomic E-state index is 4.72. The van der Waals surface area contributed by atoms with Crippen molar-refractivity contribution in [3.05, 3.63) is 60.9 Å². The highest BCUT2D eigenvalue weighted by Gasteiger charge is 2.41. The van der Waals surface area contributed by atoms with E-state index in [1.165, 1.54) is 32.6 Å². The summed E-state index contributed by atoms with van der Waals surface area (Å²) in [7, 11) is -1.68. The Morgan fingerprint density at radius 3 is 2.67 bits per heavy atom. The number of para-hydroxylation sites is 1. The van der Waals surface area contributed by atoms with E-state index in [0.717, 1.165) is 11.7 Å². The summed E-state index contributed by atoms with van der Waals surface area (Å²) in [4.78, 5) is 4.72. The molecule has 0 N–H and O–H groups in total. The van der Waals surface area contributed by atoms with Crippen molar-refractivity contribution >= 4 is 40.6 Å². The average Bonchev–Trinajstić information content (AvgIpc) is 2.90. The van der Waals surface area contributed by atoms with Crippen molar-refractivity contribution in [1.82, 2.24) is 9.38 Å². The molecular weight excluding hydrogens is 272 g/mol. The fourth-order valence-electron chi connectivity index (χ4n) is 3.85. The molecule has 0 saturated carbocycles. The van der Waals surface area contributed by atoms with Crippen molar-refractivity contribution in [3.63, 3.8) is 0 Å². The van der Waals surface area contributed by atoms with Crippen molar-refractivity contribution in [2.75, 3.05) is 0 Å². The van der Waals surface area contributed by atoms with E-state index in [9.17, 15) is 0 Å². The number of aromatic nitrogens is 2. The molecule has 4 aromatic rings. The predicted molar refractivity (Wildman–Crippen MR) is 90.5 cm³/mol. The van der Waals surface area contributed by atoms with E-state index in [1.54, 1.807) is 0 Å². The highest BCUT2D eigenvalue weighted by Crippen LogP contribution is 2.33. The monoisotopic (exact) mass is 287 g/mol. The molecule has 0 radical (unpaired) electrons. The van der Waals surface area contributed by atoms with Gasteiger partial charge in [0.25, 0.3) is 0 Å². The highest BCUT2D eigenvalue weighted by molar-refractivity contribution is 6.93. The lowest BCUT2D eigenvalue weighted by Crippen LogP contribution is -2.48. The van der Waals surface area contributed by atoms with Crippen molar-refractivity contribution in [1.29, 1.82) is 0 Å². The average molecular weight is 287 g/mol. The third-order valence-corrected chi connectivity index (χ3v) is 7.62. The molecule has 0 spiro atoms. The number of imidazole rings is 1. The van der Waals surface area contributed by atoms with Crippen LogP contribution in [0.1, 0.15) is 5.69 Å². The van der Waals surface area contributed by atoms with Crippen LogP contribution in [0, 0.1) is 6.55 Å². The van der Waals surface area contributed by atoms with Gasteiger partial charge in [-0.2, -0.15) is 0 Å². The van der Waals surface area contributed by atoms with Crippen molar-refractivity contribution in [2.45, 2.75) is 12.6 Å². The largest absolute Gasteiger partial charge is 0.302 e. The summed E-state index contributed by atoms with van der Waals surface area (Å²) in [6.45, 7) is 6.96. The Labute approximate surface area is 124 Å². The number of hydrogen-bond donors (Lipinski definition) is 0. The van der Waals surface area contributed by atoms with Crippen LogP contribution in [0.15, 0.2) is 48.7 Å². The third-order valence-electron chi connectivity index (χ3n) is 4.77. The van der Waals surface area contributed by atoms with Crippen molar-refractivity contribution in [2.24, 2.45) is 0 Å². The molecule has 0 fully saturated rings. The summed E-state index contributed by atoms with van der Waals surface area (Å²) in [6.07, 6.45) is 2.05. The van der Waals surface area contributed by atoms with E-state index < -0.39 is 8.07 Å². The molecule has 1 aliphatic heterocycles. The van der Waals surface area contributed by atoms with Gasteiger partial charge in [-0.05, 0) is 11.9 Å². The molecule has 21 heavy (non-hydrogen) atoms. The number of fused-ring (bicyclic) bond motifs is 3. The first-order chi connectivity index (χ1) is 10.2. The van der Waals surface area contributed by atoms with Crippen LogP contribution in [0.3, 0.4) is 0 Å². The number of pyridine rings is 1. The van der Waals surface area contributed by atoms with E-state index in [4.69, 9.17) is 4.98 Å². The second kappa shape index (κ2) is 3.49. The topological polar surface area (TPSA) is 17.3 Å². The molecule has 2 aromatic heterocycles. The van der Waals surface area contributed by atoms with Crippen LogP contribution in [0.5, 0.6) is 0 Å². The van der Waals surface area contributed by atoms with Crippen LogP contribution < -0.4 is 5.19 Å². The Morgan fingerprint density at radius 1 is 1.05 bits per heavy atom. The van der Waals surface area contributed by atoms with Gasteiger partial charge < -0.3 is 0 Å². The van der Waals surface area contributed by atoms with Gasteiger partial charge >= 0.3 is 8.07 Å². The minimum absolute atomic E-state index is 1.07. The first-order valence-corrected chi connectivity index (χ1v) is 10.2. The molecule has 1 aliphatic rings. The minimum atomic E-state index is -1.68. The summed E-state index contributed by atoms with van der Waals surface area (Å²) in [5.41, 5.74) is 3.75. The van der Waals surface area contributed by atoms with Gasteiger partial charge in [0, 0.05) is 40.4 Å². The zero-order chi connectivity index (χ0) is 14.2. The van der Waals surface area contributed by atoms with E-state index >= 15 is 0 Å². The zero-order valence-electron chi connectivity index (χ0n) is 11.9. The summed E-state index contributed by atoms with van der Waals surface area (Å²) < 4.78 is 2.37. The van der Waals surface area contributed by atoms with E-state index in [1.807, 2.05) is 6.20 Å². The molecule has 2 nitrogen and oxygen atoms in total. The fraction of sp³-hybridized carbons (Fsp3) is 0.111. The van der Waals surface area contributed by atoms with Gasteiger partial charge in [0.05, 0.1) is 5.52 Å². The SMILES string of the molecule is [CH2+][Si]1(C)Cc2cnc3c4ccccc4c4cccc1c4n23. The molecule has 3 heteroatoms. The molecular formula is C18H15N2Si+. The summed E-state index contributed by atoms with van der Waals surface area (Å²) in [5.74, 6) is 0. The molecule has 0 saturated heterocycles. The van der Waals surface area contributed by atoms with Gasteiger partial charge in [0.1, 0.15) is 5.65 Å². The van der Waals surface area contributed by atoms with Gasteiger partial charge in [-0.25, -0.2) is 4.98 Å². The van der Waals surface area contributed by atoms with Crippen LogP contribution in [0.25, 0.3) is 27.3 Å². The molecule has 5 rings (SSSR count). The Morgan fingerprint density at radius 2 is 1.81 bits per heavy atom. The minimum Gasteiger partial charge on any atom is -0.296 e.